The highest BCUT2D eigenvalue weighted by Gasteiger charge is 2.26. The first-order chi connectivity index (χ1) is 9.05. The predicted octanol–water partition coefficient (Wildman–Crippen LogP) is 3.72. The average molecular weight is 360 g/mol. The van der Waals surface area contributed by atoms with E-state index < -0.39 is 10.0 Å². The molecule has 0 spiro atoms. The van der Waals surface area contributed by atoms with Crippen LogP contribution in [0.15, 0.2) is 50.5 Å². The highest BCUT2D eigenvalue weighted by molar-refractivity contribution is 9.10. The van der Waals surface area contributed by atoms with Gasteiger partial charge >= 0.3 is 0 Å². The average Bonchev–Trinajstić information content (AvgIpc) is 2.84. The van der Waals surface area contributed by atoms with Crippen molar-refractivity contribution in [3.8, 4) is 0 Å². The number of benzene rings is 1. The van der Waals surface area contributed by atoms with Crippen molar-refractivity contribution in [1.29, 1.82) is 0 Å². The van der Waals surface area contributed by atoms with E-state index in [0.717, 1.165) is 5.56 Å². The van der Waals surface area contributed by atoms with E-state index in [0.29, 0.717) is 21.8 Å². The van der Waals surface area contributed by atoms with Crippen molar-refractivity contribution in [2.24, 2.45) is 0 Å². The fourth-order valence-corrected chi connectivity index (χ4v) is 5.62. The molecule has 6 heteroatoms. The SMILES string of the molecule is CCN(Cc1ccccc1)S(=O)(=O)c1sccc1Br. The molecule has 0 saturated carbocycles. The molecule has 0 aliphatic heterocycles. The molecule has 2 aromatic rings. The molecule has 0 atom stereocenters. The molecular weight excluding hydrogens is 346 g/mol. The van der Waals surface area contributed by atoms with Gasteiger partial charge in [-0.1, -0.05) is 37.3 Å². The van der Waals surface area contributed by atoms with E-state index in [1.54, 1.807) is 11.4 Å². The summed E-state index contributed by atoms with van der Waals surface area (Å²) < 4.78 is 27.6. The molecule has 0 saturated heterocycles. The Morgan fingerprint density at radius 3 is 2.42 bits per heavy atom. The number of nitrogens with zero attached hydrogens (tertiary/aromatic N) is 1. The number of sulfonamides is 1. The first-order valence-electron chi connectivity index (χ1n) is 5.82. The summed E-state index contributed by atoms with van der Waals surface area (Å²) >= 11 is 4.52. The number of thiophene rings is 1. The number of rotatable bonds is 5. The summed E-state index contributed by atoms with van der Waals surface area (Å²) in [6.45, 7) is 2.69. The monoisotopic (exact) mass is 359 g/mol. The summed E-state index contributed by atoms with van der Waals surface area (Å²) in [5.74, 6) is 0. The van der Waals surface area contributed by atoms with Crippen LogP contribution in [0, 0.1) is 0 Å². The van der Waals surface area contributed by atoms with E-state index in [2.05, 4.69) is 15.9 Å². The molecule has 1 aromatic carbocycles. The Morgan fingerprint density at radius 1 is 1.21 bits per heavy atom. The van der Waals surface area contributed by atoms with Gasteiger partial charge in [0.25, 0.3) is 10.0 Å². The van der Waals surface area contributed by atoms with E-state index >= 15 is 0 Å². The van der Waals surface area contributed by atoms with Crippen LogP contribution in [0.5, 0.6) is 0 Å². The second-order valence-electron chi connectivity index (χ2n) is 3.97. The highest BCUT2D eigenvalue weighted by Crippen LogP contribution is 2.30. The van der Waals surface area contributed by atoms with Gasteiger partial charge in [0, 0.05) is 17.6 Å². The van der Waals surface area contributed by atoms with E-state index in [4.69, 9.17) is 0 Å². The predicted molar refractivity (Wildman–Crippen MR) is 81.7 cm³/mol. The maximum atomic E-state index is 12.6. The normalized spacial score (nSPS) is 11.9. The zero-order valence-electron chi connectivity index (χ0n) is 10.4. The van der Waals surface area contributed by atoms with Crippen LogP contribution in [-0.2, 0) is 16.6 Å². The molecule has 0 unspecified atom stereocenters. The van der Waals surface area contributed by atoms with Gasteiger partial charge in [-0.05, 0) is 32.9 Å². The van der Waals surface area contributed by atoms with Gasteiger partial charge in [0.05, 0.1) is 0 Å². The number of hydrogen-bond acceptors (Lipinski definition) is 3. The largest absolute Gasteiger partial charge is 0.253 e. The third kappa shape index (κ3) is 3.25. The Hall–Kier alpha value is -0.690. The van der Waals surface area contributed by atoms with E-state index in [9.17, 15) is 8.42 Å². The van der Waals surface area contributed by atoms with Crippen LogP contribution in [0.4, 0.5) is 0 Å². The highest BCUT2D eigenvalue weighted by atomic mass is 79.9. The molecule has 0 amide bonds. The lowest BCUT2D eigenvalue weighted by Gasteiger charge is -2.20. The van der Waals surface area contributed by atoms with Crippen molar-refractivity contribution in [3.05, 3.63) is 51.8 Å². The first kappa shape index (κ1) is 14.7. The van der Waals surface area contributed by atoms with Crippen molar-refractivity contribution in [3.63, 3.8) is 0 Å². The van der Waals surface area contributed by atoms with Gasteiger partial charge in [-0.15, -0.1) is 11.3 Å². The second kappa shape index (κ2) is 6.17. The summed E-state index contributed by atoms with van der Waals surface area (Å²) in [5, 5.41) is 1.77. The van der Waals surface area contributed by atoms with Crippen molar-refractivity contribution >= 4 is 37.3 Å². The van der Waals surface area contributed by atoms with Gasteiger partial charge in [-0.25, -0.2) is 8.42 Å². The molecule has 0 N–H and O–H groups in total. The minimum Gasteiger partial charge on any atom is -0.206 e. The fourth-order valence-electron chi connectivity index (χ4n) is 1.73. The smallest absolute Gasteiger partial charge is 0.206 e. The van der Waals surface area contributed by atoms with Crippen LogP contribution in [0.1, 0.15) is 12.5 Å². The lowest BCUT2D eigenvalue weighted by Crippen LogP contribution is -2.30. The van der Waals surface area contributed by atoms with Gasteiger partial charge in [-0.2, -0.15) is 4.31 Å². The van der Waals surface area contributed by atoms with E-state index in [1.165, 1.54) is 15.6 Å². The van der Waals surface area contributed by atoms with Gasteiger partial charge in [-0.3, -0.25) is 0 Å². The number of halogens is 1. The number of hydrogen-bond donors (Lipinski definition) is 0. The van der Waals surface area contributed by atoms with Gasteiger partial charge in [0.15, 0.2) is 0 Å². The van der Waals surface area contributed by atoms with Gasteiger partial charge in [0.1, 0.15) is 4.21 Å². The van der Waals surface area contributed by atoms with Crippen LogP contribution in [0.3, 0.4) is 0 Å². The van der Waals surface area contributed by atoms with Crippen LogP contribution >= 0.6 is 27.3 Å². The third-order valence-corrected chi connectivity index (χ3v) is 7.28. The Labute approximate surface area is 126 Å². The summed E-state index contributed by atoms with van der Waals surface area (Å²) in [4.78, 5) is 0. The Morgan fingerprint density at radius 2 is 1.89 bits per heavy atom. The third-order valence-electron chi connectivity index (χ3n) is 2.71. The molecule has 0 fully saturated rings. The molecular formula is C13H14BrNO2S2. The van der Waals surface area contributed by atoms with Crippen LogP contribution in [-0.4, -0.2) is 19.3 Å². The van der Waals surface area contributed by atoms with Crippen molar-refractivity contribution in [2.75, 3.05) is 6.54 Å². The lowest BCUT2D eigenvalue weighted by molar-refractivity contribution is 0.424. The Bertz CT molecular complexity index is 638. The summed E-state index contributed by atoms with van der Waals surface area (Å²) in [6, 6.07) is 11.4. The molecule has 102 valence electrons. The van der Waals surface area contributed by atoms with Crippen molar-refractivity contribution < 1.29 is 8.42 Å². The van der Waals surface area contributed by atoms with Gasteiger partial charge in [0.2, 0.25) is 0 Å². The second-order valence-corrected chi connectivity index (χ2v) is 7.88. The Balaban J connectivity index is 2.30. The molecule has 0 radical (unpaired) electrons. The van der Waals surface area contributed by atoms with E-state index in [-0.39, 0.29) is 0 Å². The minimum atomic E-state index is -3.43. The van der Waals surface area contributed by atoms with Crippen LogP contribution < -0.4 is 0 Å². The molecule has 19 heavy (non-hydrogen) atoms. The summed E-state index contributed by atoms with van der Waals surface area (Å²) in [6.07, 6.45) is 0. The maximum Gasteiger partial charge on any atom is 0.253 e. The van der Waals surface area contributed by atoms with Crippen molar-refractivity contribution in [2.45, 2.75) is 17.7 Å². The van der Waals surface area contributed by atoms with E-state index in [1.807, 2.05) is 37.3 Å². The first-order valence-corrected chi connectivity index (χ1v) is 8.94. The molecule has 1 heterocycles. The van der Waals surface area contributed by atoms with Crippen LogP contribution in [0.25, 0.3) is 0 Å². The molecule has 0 aliphatic rings. The molecule has 2 rings (SSSR count). The lowest BCUT2D eigenvalue weighted by atomic mass is 10.2. The fraction of sp³-hybridized carbons (Fsp3) is 0.231. The molecule has 0 bridgehead atoms. The topological polar surface area (TPSA) is 37.4 Å². The van der Waals surface area contributed by atoms with Crippen molar-refractivity contribution in [1.82, 2.24) is 4.31 Å². The zero-order valence-corrected chi connectivity index (χ0v) is 13.6. The summed E-state index contributed by atoms with van der Waals surface area (Å²) in [7, 11) is -3.43. The summed E-state index contributed by atoms with van der Waals surface area (Å²) in [5.41, 5.74) is 0.987. The minimum absolute atomic E-state index is 0.366. The Kier molecular flexibility index (Phi) is 4.78. The quantitative estimate of drug-likeness (QED) is 0.815. The van der Waals surface area contributed by atoms with Crippen LogP contribution in [0.2, 0.25) is 0 Å². The van der Waals surface area contributed by atoms with Gasteiger partial charge < -0.3 is 0 Å². The molecule has 3 nitrogen and oxygen atoms in total. The maximum absolute atomic E-state index is 12.6. The molecule has 1 aromatic heterocycles. The molecule has 0 aliphatic carbocycles. The standard InChI is InChI=1S/C13H14BrNO2S2/c1-2-15(10-11-6-4-3-5-7-11)19(16,17)13-12(14)8-9-18-13/h3-9H,2,10H2,1H3. The zero-order chi connectivity index (χ0) is 13.9.